The molecule has 0 spiro atoms. The van der Waals surface area contributed by atoms with Gasteiger partial charge in [-0.15, -0.1) is 0 Å². The number of hydrogen-bond acceptors (Lipinski definition) is 4. The molecule has 1 fully saturated rings. The second-order valence-corrected chi connectivity index (χ2v) is 6.11. The van der Waals surface area contributed by atoms with Crippen LogP contribution in [-0.2, 0) is 6.54 Å². The second kappa shape index (κ2) is 6.44. The Hall–Kier alpha value is -1.00. The number of nitrogens with zero attached hydrogens (tertiary/aromatic N) is 3. The molecule has 0 bridgehead atoms. The Labute approximate surface area is 116 Å². The van der Waals surface area contributed by atoms with Gasteiger partial charge in [-0.3, -0.25) is 4.90 Å². The molecule has 1 aromatic heterocycles. The fourth-order valence-electron chi connectivity index (χ4n) is 2.74. The summed E-state index contributed by atoms with van der Waals surface area (Å²) in [6, 6.07) is 3.21. The summed E-state index contributed by atoms with van der Waals surface area (Å²) in [6.45, 7) is 11.9. The second-order valence-electron chi connectivity index (χ2n) is 6.11. The zero-order valence-electron chi connectivity index (χ0n) is 12.6. The first-order valence-electron chi connectivity index (χ1n) is 7.30. The van der Waals surface area contributed by atoms with E-state index in [-0.39, 0.29) is 0 Å². The minimum Gasteiger partial charge on any atom is -0.311 e. The van der Waals surface area contributed by atoms with Crippen molar-refractivity contribution in [2.75, 3.05) is 13.1 Å². The average molecular weight is 262 g/mol. The maximum atomic E-state index is 4.51. The lowest BCUT2D eigenvalue weighted by molar-refractivity contribution is 0.123. The van der Waals surface area contributed by atoms with Gasteiger partial charge in [-0.05, 0) is 32.3 Å². The van der Waals surface area contributed by atoms with E-state index in [4.69, 9.17) is 0 Å². The molecule has 2 atom stereocenters. The molecule has 1 aliphatic heterocycles. The first-order chi connectivity index (χ1) is 9.04. The molecule has 0 saturated carbocycles. The minimum absolute atomic E-state index is 0.568. The molecule has 19 heavy (non-hydrogen) atoms. The summed E-state index contributed by atoms with van der Waals surface area (Å²) in [6.07, 6.45) is 3.10. The molecule has 2 heterocycles. The highest BCUT2D eigenvalue weighted by Crippen LogP contribution is 2.15. The van der Waals surface area contributed by atoms with E-state index in [1.165, 1.54) is 6.42 Å². The van der Waals surface area contributed by atoms with Crippen molar-refractivity contribution < 1.29 is 0 Å². The van der Waals surface area contributed by atoms with E-state index >= 15 is 0 Å². The molecule has 2 rings (SSSR count). The Balaban J connectivity index is 1.97. The van der Waals surface area contributed by atoms with Crippen molar-refractivity contribution in [2.45, 2.75) is 52.7 Å². The van der Waals surface area contributed by atoms with Crippen LogP contribution in [0.15, 0.2) is 12.3 Å². The number of nitrogens with one attached hydrogen (secondary N) is 1. The topological polar surface area (TPSA) is 41.1 Å². The average Bonchev–Trinajstić information content (AvgIpc) is 2.33. The van der Waals surface area contributed by atoms with Gasteiger partial charge in [0, 0.05) is 37.9 Å². The van der Waals surface area contributed by atoms with E-state index in [2.05, 4.69) is 41.0 Å². The molecule has 1 aromatic rings. The van der Waals surface area contributed by atoms with Crippen molar-refractivity contribution >= 4 is 0 Å². The van der Waals surface area contributed by atoms with Gasteiger partial charge in [0.25, 0.3) is 0 Å². The van der Waals surface area contributed by atoms with Crippen LogP contribution in [0.25, 0.3) is 0 Å². The predicted molar refractivity (Wildman–Crippen MR) is 77.9 cm³/mol. The van der Waals surface area contributed by atoms with E-state index in [9.17, 15) is 0 Å². The lowest BCUT2D eigenvalue weighted by Crippen LogP contribution is -2.55. The van der Waals surface area contributed by atoms with Crippen LogP contribution in [0.5, 0.6) is 0 Å². The van der Waals surface area contributed by atoms with Crippen molar-refractivity contribution in [1.29, 1.82) is 0 Å². The first-order valence-corrected chi connectivity index (χ1v) is 7.30. The minimum atomic E-state index is 0.568. The standard InChI is InChI=1S/C15H26N4/c1-11(2)7-15-10-19(12(3)8-17-15)9-14-5-6-16-13(4)18-14/h5-6,11-12,15,17H,7-10H2,1-4H3. The molecule has 2 unspecified atom stereocenters. The lowest BCUT2D eigenvalue weighted by Gasteiger charge is -2.39. The Morgan fingerprint density at radius 2 is 2.26 bits per heavy atom. The highest BCUT2D eigenvalue weighted by Gasteiger charge is 2.25. The third-order valence-corrected chi connectivity index (χ3v) is 3.73. The van der Waals surface area contributed by atoms with Gasteiger partial charge in [0.2, 0.25) is 0 Å². The third kappa shape index (κ3) is 4.25. The van der Waals surface area contributed by atoms with Gasteiger partial charge in [-0.25, -0.2) is 9.97 Å². The van der Waals surface area contributed by atoms with E-state index in [0.29, 0.717) is 12.1 Å². The summed E-state index contributed by atoms with van der Waals surface area (Å²) in [5, 5.41) is 3.65. The quantitative estimate of drug-likeness (QED) is 0.901. The van der Waals surface area contributed by atoms with Crippen LogP contribution in [0.3, 0.4) is 0 Å². The van der Waals surface area contributed by atoms with Crippen molar-refractivity contribution in [1.82, 2.24) is 20.2 Å². The zero-order valence-corrected chi connectivity index (χ0v) is 12.6. The molecule has 4 nitrogen and oxygen atoms in total. The fraction of sp³-hybridized carbons (Fsp3) is 0.733. The third-order valence-electron chi connectivity index (χ3n) is 3.73. The van der Waals surface area contributed by atoms with Crippen molar-refractivity contribution in [3.8, 4) is 0 Å². The molecule has 0 radical (unpaired) electrons. The van der Waals surface area contributed by atoms with Crippen LogP contribution in [0.1, 0.15) is 38.7 Å². The van der Waals surface area contributed by atoms with Crippen LogP contribution >= 0.6 is 0 Å². The predicted octanol–water partition coefficient (Wildman–Crippen LogP) is 1.99. The Morgan fingerprint density at radius 1 is 1.47 bits per heavy atom. The largest absolute Gasteiger partial charge is 0.311 e. The molecule has 1 aliphatic rings. The van der Waals surface area contributed by atoms with Gasteiger partial charge in [0.05, 0.1) is 5.69 Å². The summed E-state index contributed by atoms with van der Waals surface area (Å²) in [7, 11) is 0. The summed E-state index contributed by atoms with van der Waals surface area (Å²) in [4.78, 5) is 11.2. The summed E-state index contributed by atoms with van der Waals surface area (Å²) in [5.74, 6) is 1.60. The van der Waals surface area contributed by atoms with Gasteiger partial charge >= 0.3 is 0 Å². The normalized spacial score (nSPS) is 24.9. The first kappa shape index (κ1) is 14.4. The van der Waals surface area contributed by atoms with Crippen molar-refractivity contribution in [2.24, 2.45) is 5.92 Å². The van der Waals surface area contributed by atoms with E-state index in [0.717, 1.165) is 37.1 Å². The number of piperazine rings is 1. The molecule has 106 valence electrons. The molecule has 1 N–H and O–H groups in total. The molecule has 4 heteroatoms. The number of aryl methyl sites for hydroxylation is 1. The van der Waals surface area contributed by atoms with Crippen LogP contribution in [0, 0.1) is 12.8 Å². The SMILES string of the molecule is Cc1nccc(CN2CC(CC(C)C)NCC2C)n1. The van der Waals surface area contributed by atoms with Gasteiger partial charge in [0.1, 0.15) is 5.82 Å². The van der Waals surface area contributed by atoms with Crippen molar-refractivity contribution in [3.63, 3.8) is 0 Å². The molecular formula is C15H26N4. The number of hydrogen-bond donors (Lipinski definition) is 1. The highest BCUT2D eigenvalue weighted by molar-refractivity contribution is 5.02. The van der Waals surface area contributed by atoms with Crippen LogP contribution in [-0.4, -0.2) is 40.0 Å². The fourth-order valence-corrected chi connectivity index (χ4v) is 2.74. The van der Waals surface area contributed by atoms with E-state index in [1.54, 1.807) is 0 Å². The summed E-state index contributed by atoms with van der Waals surface area (Å²) < 4.78 is 0. The van der Waals surface area contributed by atoms with Gasteiger partial charge in [-0.1, -0.05) is 13.8 Å². The number of rotatable bonds is 4. The van der Waals surface area contributed by atoms with Gasteiger partial charge in [0.15, 0.2) is 0 Å². The van der Waals surface area contributed by atoms with E-state index < -0.39 is 0 Å². The maximum absolute atomic E-state index is 4.51. The smallest absolute Gasteiger partial charge is 0.125 e. The van der Waals surface area contributed by atoms with Crippen LogP contribution in [0.4, 0.5) is 0 Å². The molecule has 0 aliphatic carbocycles. The Morgan fingerprint density at radius 3 is 2.95 bits per heavy atom. The number of aromatic nitrogens is 2. The Kier molecular flexibility index (Phi) is 4.88. The molecular weight excluding hydrogens is 236 g/mol. The Bertz CT molecular complexity index is 405. The van der Waals surface area contributed by atoms with Crippen molar-refractivity contribution in [3.05, 3.63) is 23.8 Å². The highest BCUT2D eigenvalue weighted by atomic mass is 15.2. The van der Waals surface area contributed by atoms with Gasteiger partial charge < -0.3 is 5.32 Å². The van der Waals surface area contributed by atoms with Gasteiger partial charge in [-0.2, -0.15) is 0 Å². The molecule has 0 aromatic carbocycles. The monoisotopic (exact) mass is 262 g/mol. The van der Waals surface area contributed by atoms with Crippen LogP contribution < -0.4 is 5.32 Å². The molecule has 0 amide bonds. The van der Waals surface area contributed by atoms with Crippen LogP contribution in [0.2, 0.25) is 0 Å². The zero-order chi connectivity index (χ0) is 13.8. The summed E-state index contributed by atoms with van der Waals surface area (Å²) >= 11 is 0. The molecule has 1 saturated heterocycles. The maximum Gasteiger partial charge on any atom is 0.125 e. The van der Waals surface area contributed by atoms with E-state index in [1.807, 2.05) is 19.2 Å². The summed E-state index contributed by atoms with van der Waals surface area (Å²) in [5.41, 5.74) is 1.13. The lowest BCUT2D eigenvalue weighted by atomic mass is 10.00.